The van der Waals surface area contributed by atoms with Gasteiger partial charge in [-0.05, 0) is 69.2 Å². The van der Waals surface area contributed by atoms with Gasteiger partial charge in [0.2, 0.25) is 0 Å². The summed E-state index contributed by atoms with van der Waals surface area (Å²) in [5.41, 5.74) is 0. The van der Waals surface area contributed by atoms with Crippen LogP contribution < -0.4 is 5.32 Å². The highest BCUT2D eigenvalue weighted by Gasteiger charge is 2.40. The van der Waals surface area contributed by atoms with Crippen molar-refractivity contribution in [1.29, 1.82) is 0 Å². The summed E-state index contributed by atoms with van der Waals surface area (Å²) in [5, 5.41) is 3.45. The SMILES string of the molecule is CNC(CC1CCS(=O)(=O)C1)CC1CC2CCC1C2. The fourth-order valence-corrected chi connectivity index (χ4v) is 6.70. The molecule has 0 amide bonds. The van der Waals surface area contributed by atoms with Gasteiger partial charge in [0.05, 0.1) is 11.5 Å². The van der Waals surface area contributed by atoms with Crippen molar-refractivity contribution >= 4 is 9.84 Å². The lowest BCUT2D eigenvalue weighted by atomic mass is 9.82. The van der Waals surface area contributed by atoms with Gasteiger partial charge >= 0.3 is 0 Å². The molecule has 2 bridgehead atoms. The topological polar surface area (TPSA) is 46.2 Å². The van der Waals surface area contributed by atoms with Gasteiger partial charge in [0.1, 0.15) is 0 Å². The molecule has 0 spiro atoms. The van der Waals surface area contributed by atoms with E-state index in [1.54, 1.807) is 0 Å². The molecule has 5 unspecified atom stereocenters. The molecule has 2 aliphatic carbocycles. The van der Waals surface area contributed by atoms with Crippen LogP contribution in [0.25, 0.3) is 0 Å². The zero-order valence-corrected chi connectivity index (χ0v) is 12.8. The smallest absolute Gasteiger partial charge is 0.150 e. The van der Waals surface area contributed by atoms with E-state index in [1.807, 2.05) is 7.05 Å². The van der Waals surface area contributed by atoms with Gasteiger partial charge in [-0.2, -0.15) is 0 Å². The lowest BCUT2D eigenvalue weighted by Crippen LogP contribution is -2.32. The third-order valence-corrected chi connectivity index (χ3v) is 7.66. The lowest BCUT2D eigenvalue weighted by Gasteiger charge is -2.27. The van der Waals surface area contributed by atoms with Crippen molar-refractivity contribution in [3.05, 3.63) is 0 Å². The van der Waals surface area contributed by atoms with E-state index in [0.717, 1.165) is 30.6 Å². The average Bonchev–Trinajstić information content (AvgIpc) is 3.04. The van der Waals surface area contributed by atoms with Crippen molar-refractivity contribution < 1.29 is 8.42 Å². The van der Waals surface area contributed by atoms with E-state index in [1.165, 1.54) is 32.1 Å². The maximum atomic E-state index is 11.5. The van der Waals surface area contributed by atoms with Crippen molar-refractivity contribution in [2.75, 3.05) is 18.6 Å². The van der Waals surface area contributed by atoms with Gasteiger partial charge in [-0.1, -0.05) is 6.42 Å². The minimum atomic E-state index is -2.71. The van der Waals surface area contributed by atoms with Crippen LogP contribution in [0.1, 0.15) is 44.9 Å². The van der Waals surface area contributed by atoms with Crippen LogP contribution in [-0.4, -0.2) is 33.0 Å². The molecule has 0 radical (unpaired) electrons. The van der Waals surface area contributed by atoms with Crippen LogP contribution >= 0.6 is 0 Å². The maximum absolute atomic E-state index is 11.5. The summed E-state index contributed by atoms with van der Waals surface area (Å²) in [6.07, 6.45) is 9.04. The normalized spacial score (nSPS) is 41.7. The molecule has 1 aliphatic heterocycles. The molecule has 3 aliphatic rings. The summed E-state index contributed by atoms with van der Waals surface area (Å²) in [6, 6.07) is 0.530. The molecular weight excluding hydrogens is 258 g/mol. The monoisotopic (exact) mass is 285 g/mol. The Morgan fingerprint density at radius 3 is 2.53 bits per heavy atom. The maximum Gasteiger partial charge on any atom is 0.150 e. The molecule has 0 aromatic carbocycles. The highest BCUT2D eigenvalue weighted by molar-refractivity contribution is 7.91. The number of hydrogen-bond acceptors (Lipinski definition) is 3. The Bertz CT molecular complexity index is 420. The zero-order valence-electron chi connectivity index (χ0n) is 12.0. The van der Waals surface area contributed by atoms with Gasteiger partial charge in [0, 0.05) is 6.04 Å². The van der Waals surface area contributed by atoms with Gasteiger partial charge in [0.15, 0.2) is 9.84 Å². The third kappa shape index (κ3) is 3.15. The Morgan fingerprint density at radius 2 is 2.00 bits per heavy atom. The van der Waals surface area contributed by atoms with Crippen molar-refractivity contribution in [1.82, 2.24) is 5.32 Å². The number of nitrogens with one attached hydrogen (secondary N) is 1. The number of sulfone groups is 1. The van der Waals surface area contributed by atoms with Crippen LogP contribution in [0, 0.1) is 23.7 Å². The Kier molecular flexibility index (Phi) is 3.91. The van der Waals surface area contributed by atoms with Crippen LogP contribution in [0.15, 0.2) is 0 Å². The Balaban J connectivity index is 1.51. The molecule has 110 valence electrons. The summed E-state index contributed by atoms with van der Waals surface area (Å²) in [7, 11) is -0.670. The van der Waals surface area contributed by atoms with E-state index in [9.17, 15) is 8.42 Å². The van der Waals surface area contributed by atoms with Crippen molar-refractivity contribution in [3.63, 3.8) is 0 Å². The first-order chi connectivity index (χ1) is 9.05. The first kappa shape index (κ1) is 13.9. The molecule has 2 saturated carbocycles. The van der Waals surface area contributed by atoms with E-state index >= 15 is 0 Å². The summed E-state index contributed by atoms with van der Waals surface area (Å²) < 4.78 is 23.1. The lowest BCUT2D eigenvalue weighted by molar-refractivity contribution is 0.265. The van der Waals surface area contributed by atoms with Crippen LogP contribution in [-0.2, 0) is 9.84 Å². The van der Waals surface area contributed by atoms with E-state index < -0.39 is 9.84 Å². The Morgan fingerprint density at radius 1 is 1.16 bits per heavy atom. The van der Waals surface area contributed by atoms with Crippen LogP contribution in [0.5, 0.6) is 0 Å². The van der Waals surface area contributed by atoms with Gasteiger partial charge in [-0.25, -0.2) is 8.42 Å². The Hall–Kier alpha value is -0.0900. The third-order valence-electron chi connectivity index (χ3n) is 5.82. The van der Waals surface area contributed by atoms with Crippen molar-refractivity contribution in [3.8, 4) is 0 Å². The molecule has 3 fully saturated rings. The molecule has 1 N–H and O–H groups in total. The van der Waals surface area contributed by atoms with Crippen molar-refractivity contribution in [2.24, 2.45) is 23.7 Å². The molecule has 1 saturated heterocycles. The Labute approximate surface area is 117 Å². The summed E-state index contributed by atoms with van der Waals surface area (Å²) in [4.78, 5) is 0. The first-order valence-electron chi connectivity index (χ1n) is 7.93. The molecular formula is C15H27NO2S. The predicted molar refractivity (Wildman–Crippen MR) is 77.8 cm³/mol. The van der Waals surface area contributed by atoms with E-state index in [4.69, 9.17) is 0 Å². The molecule has 19 heavy (non-hydrogen) atoms. The van der Waals surface area contributed by atoms with E-state index in [2.05, 4.69) is 5.32 Å². The zero-order chi connectivity index (χ0) is 13.5. The molecule has 1 heterocycles. The molecule has 0 aromatic heterocycles. The standard InChI is InChI=1S/C15H27NO2S/c1-16-15(8-12-4-5-19(17,18)10-12)9-14-7-11-2-3-13(14)6-11/h11-16H,2-10H2,1H3. The fraction of sp³-hybridized carbons (Fsp3) is 1.00. The van der Waals surface area contributed by atoms with Gasteiger partial charge < -0.3 is 5.32 Å². The minimum absolute atomic E-state index is 0.404. The average molecular weight is 285 g/mol. The van der Waals surface area contributed by atoms with Gasteiger partial charge in [-0.3, -0.25) is 0 Å². The number of fused-ring (bicyclic) bond motifs is 2. The fourth-order valence-electron chi connectivity index (χ4n) is 4.82. The minimum Gasteiger partial charge on any atom is -0.317 e. The van der Waals surface area contributed by atoms with E-state index in [-0.39, 0.29) is 0 Å². The van der Waals surface area contributed by atoms with Crippen LogP contribution in [0.3, 0.4) is 0 Å². The summed E-state index contributed by atoms with van der Waals surface area (Å²) in [6.45, 7) is 0. The molecule has 4 heteroatoms. The molecule has 0 aromatic rings. The largest absolute Gasteiger partial charge is 0.317 e. The van der Waals surface area contributed by atoms with Gasteiger partial charge in [0.25, 0.3) is 0 Å². The van der Waals surface area contributed by atoms with Crippen LogP contribution in [0.2, 0.25) is 0 Å². The quantitative estimate of drug-likeness (QED) is 0.842. The van der Waals surface area contributed by atoms with Gasteiger partial charge in [-0.15, -0.1) is 0 Å². The van der Waals surface area contributed by atoms with Crippen LogP contribution in [0.4, 0.5) is 0 Å². The number of rotatable bonds is 5. The second-order valence-corrected chi connectivity index (χ2v) is 9.39. The second kappa shape index (κ2) is 5.36. The highest BCUT2D eigenvalue weighted by atomic mass is 32.2. The molecule has 3 rings (SSSR count). The second-order valence-electron chi connectivity index (χ2n) is 7.16. The predicted octanol–water partition coefficient (Wildman–Crippen LogP) is 2.23. The highest BCUT2D eigenvalue weighted by Crippen LogP contribution is 2.50. The molecule has 5 atom stereocenters. The summed E-state index contributed by atoms with van der Waals surface area (Å²) >= 11 is 0. The number of hydrogen-bond donors (Lipinski definition) is 1. The van der Waals surface area contributed by atoms with Crippen molar-refractivity contribution in [2.45, 2.75) is 51.0 Å². The summed E-state index contributed by atoms with van der Waals surface area (Å²) in [5.74, 6) is 4.16. The van der Waals surface area contributed by atoms with E-state index in [0.29, 0.717) is 23.5 Å². The molecule has 3 nitrogen and oxygen atoms in total. The first-order valence-corrected chi connectivity index (χ1v) is 9.75.